The molecular formula is C24H27N10O5S2+. The average Bonchev–Trinajstić information content (AvgIpc) is 3.55. The molecule has 41 heavy (non-hydrogen) atoms. The highest BCUT2D eigenvalue weighted by Gasteiger charge is 2.54. The molecule has 0 saturated carbocycles. The van der Waals surface area contributed by atoms with Gasteiger partial charge in [-0.2, -0.15) is 9.36 Å². The van der Waals surface area contributed by atoms with Gasteiger partial charge in [0.15, 0.2) is 5.13 Å². The van der Waals surface area contributed by atoms with Crippen LogP contribution < -0.4 is 20.9 Å². The first kappa shape index (κ1) is 27.1. The number of anilines is 1. The van der Waals surface area contributed by atoms with E-state index in [1.54, 1.807) is 6.92 Å². The molecule has 2 amide bonds. The number of carbonyl (C=O) groups excluding carboxylic acids is 2. The molecule has 17 heteroatoms. The van der Waals surface area contributed by atoms with Gasteiger partial charge in [-0.05, 0) is 24.0 Å². The second-order valence-corrected chi connectivity index (χ2v) is 11.6. The van der Waals surface area contributed by atoms with Crippen molar-refractivity contribution in [2.45, 2.75) is 31.4 Å². The molecule has 0 bridgehead atoms. The predicted octanol–water partition coefficient (Wildman–Crippen LogP) is -0.844. The summed E-state index contributed by atoms with van der Waals surface area (Å²) in [5.74, 6) is -1.59. The first-order chi connectivity index (χ1) is 19.9. The summed E-state index contributed by atoms with van der Waals surface area (Å²) in [7, 11) is 0. The molecule has 0 aromatic carbocycles. The van der Waals surface area contributed by atoms with E-state index in [-0.39, 0.29) is 35.5 Å². The Morgan fingerprint density at radius 1 is 1.39 bits per heavy atom. The summed E-state index contributed by atoms with van der Waals surface area (Å²) >= 11 is 2.27. The van der Waals surface area contributed by atoms with Crippen LogP contribution in [0, 0.1) is 5.92 Å². The molecular weight excluding hydrogens is 572 g/mol. The van der Waals surface area contributed by atoms with Crippen LogP contribution in [0.3, 0.4) is 0 Å². The number of imidazole rings is 1. The smallest absolute Gasteiger partial charge is 0.352 e. The van der Waals surface area contributed by atoms with Crippen LogP contribution in [-0.2, 0) is 32.3 Å². The van der Waals surface area contributed by atoms with E-state index in [0.29, 0.717) is 17.2 Å². The number of hydrogen-bond acceptors (Lipinski definition) is 12. The maximum atomic E-state index is 13.2. The van der Waals surface area contributed by atoms with Gasteiger partial charge in [-0.15, -0.1) is 11.8 Å². The van der Waals surface area contributed by atoms with E-state index in [2.05, 4.69) is 34.7 Å². The quantitative estimate of drug-likeness (QED) is 0.0982. The van der Waals surface area contributed by atoms with Crippen LogP contribution in [0.4, 0.5) is 5.13 Å². The molecule has 2 unspecified atom stereocenters. The SMILES string of the molecule is CCO/N=C(\C(=O)NC1C(=O)N2C(C(=O)O)=C(C[n+]3cccc4c3ncn4CC3CNC3)CSC12)c1nsc(N)n1. The highest BCUT2D eigenvalue weighted by Crippen LogP contribution is 2.40. The Hall–Kier alpha value is -4.09. The summed E-state index contributed by atoms with van der Waals surface area (Å²) in [5.41, 5.74) is 7.62. The van der Waals surface area contributed by atoms with Crippen molar-refractivity contribution in [2.24, 2.45) is 11.1 Å². The van der Waals surface area contributed by atoms with Crippen LogP contribution in [-0.4, -0.2) is 89.3 Å². The number of carbonyl (C=O) groups is 3. The van der Waals surface area contributed by atoms with Gasteiger partial charge in [0.1, 0.15) is 35.8 Å². The van der Waals surface area contributed by atoms with E-state index < -0.39 is 29.2 Å². The molecule has 3 aliphatic heterocycles. The van der Waals surface area contributed by atoms with Crippen molar-refractivity contribution in [3.63, 3.8) is 0 Å². The lowest BCUT2D eigenvalue weighted by atomic mass is 10.0. The fourth-order valence-corrected chi connectivity index (χ4v) is 6.74. The Morgan fingerprint density at radius 2 is 2.22 bits per heavy atom. The molecule has 15 nitrogen and oxygen atoms in total. The number of nitrogens with one attached hydrogen (secondary N) is 2. The normalized spacial score (nSPS) is 21.0. The number of oxime groups is 1. The lowest BCUT2D eigenvalue weighted by molar-refractivity contribution is -0.664. The number of carboxylic acids is 1. The van der Waals surface area contributed by atoms with Gasteiger partial charge in [-0.25, -0.2) is 9.36 Å². The molecule has 2 atom stereocenters. The average molecular weight is 600 g/mol. The van der Waals surface area contributed by atoms with Crippen molar-refractivity contribution in [1.29, 1.82) is 0 Å². The van der Waals surface area contributed by atoms with Gasteiger partial charge >= 0.3 is 11.6 Å². The molecule has 214 valence electrons. The third-order valence-electron chi connectivity index (χ3n) is 7.02. The summed E-state index contributed by atoms with van der Waals surface area (Å²) < 4.78 is 8.02. The first-order valence-corrected chi connectivity index (χ1v) is 14.7. The molecule has 3 aromatic rings. The lowest BCUT2D eigenvalue weighted by Crippen LogP contribution is -2.71. The maximum absolute atomic E-state index is 13.2. The van der Waals surface area contributed by atoms with Crippen molar-refractivity contribution >= 4 is 63.1 Å². The van der Waals surface area contributed by atoms with E-state index in [1.807, 2.05) is 29.2 Å². The number of aromatic nitrogens is 5. The summed E-state index contributed by atoms with van der Waals surface area (Å²) in [6.45, 7) is 4.95. The van der Waals surface area contributed by atoms with Crippen molar-refractivity contribution < 1.29 is 28.9 Å². The van der Waals surface area contributed by atoms with Crippen LogP contribution in [0.2, 0.25) is 0 Å². The van der Waals surface area contributed by atoms with E-state index in [4.69, 9.17) is 10.6 Å². The molecule has 3 aromatic heterocycles. The Balaban J connectivity index is 1.21. The number of pyridine rings is 1. The van der Waals surface area contributed by atoms with E-state index in [0.717, 1.165) is 42.3 Å². The van der Waals surface area contributed by atoms with Gasteiger partial charge in [-0.3, -0.25) is 14.5 Å². The number of nitrogen functional groups attached to an aromatic ring is 1. The Morgan fingerprint density at radius 3 is 2.90 bits per heavy atom. The first-order valence-electron chi connectivity index (χ1n) is 12.9. The Kier molecular flexibility index (Phi) is 7.31. The number of carboxylic acid groups (broad SMARTS) is 1. The summed E-state index contributed by atoms with van der Waals surface area (Å²) in [4.78, 5) is 53.6. The number of rotatable bonds is 10. The van der Waals surface area contributed by atoms with Gasteiger partial charge < -0.3 is 30.9 Å². The number of amides is 2. The Bertz CT molecular complexity index is 1600. The third kappa shape index (κ3) is 5.00. The highest BCUT2D eigenvalue weighted by atomic mass is 32.2. The lowest BCUT2D eigenvalue weighted by Gasteiger charge is -2.49. The summed E-state index contributed by atoms with van der Waals surface area (Å²) in [6.07, 6.45) is 3.66. The largest absolute Gasteiger partial charge is 0.477 e. The van der Waals surface area contributed by atoms with Crippen molar-refractivity contribution in [3.05, 3.63) is 41.8 Å². The van der Waals surface area contributed by atoms with Gasteiger partial charge in [0.25, 0.3) is 11.8 Å². The van der Waals surface area contributed by atoms with E-state index in [9.17, 15) is 19.5 Å². The molecule has 0 aliphatic carbocycles. The van der Waals surface area contributed by atoms with Crippen molar-refractivity contribution in [3.8, 4) is 0 Å². The maximum Gasteiger partial charge on any atom is 0.352 e. The van der Waals surface area contributed by atoms with Crippen molar-refractivity contribution in [1.82, 2.24) is 34.4 Å². The van der Waals surface area contributed by atoms with Crippen molar-refractivity contribution in [2.75, 3.05) is 31.2 Å². The van der Waals surface area contributed by atoms with E-state index in [1.165, 1.54) is 16.7 Å². The molecule has 2 fully saturated rings. The summed E-state index contributed by atoms with van der Waals surface area (Å²) in [5, 5.41) is 19.4. The number of nitrogens with zero attached hydrogens (tertiary/aromatic N) is 7. The zero-order valence-electron chi connectivity index (χ0n) is 21.9. The molecule has 0 spiro atoms. The number of β-lactam (4-membered cyclic amide) rings is 1. The number of fused-ring (bicyclic) bond motifs is 2. The Labute approximate surface area is 241 Å². The second kappa shape index (κ2) is 11.1. The summed E-state index contributed by atoms with van der Waals surface area (Å²) in [6, 6.07) is 2.94. The molecule has 6 rings (SSSR count). The fourth-order valence-electron chi connectivity index (χ4n) is 4.97. The van der Waals surface area contributed by atoms with Gasteiger partial charge in [0.05, 0.1) is 6.20 Å². The van der Waals surface area contributed by atoms with Crippen LogP contribution in [0.25, 0.3) is 11.2 Å². The minimum absolute atomic E-state index is 0.0234. The highest BCUT2D eigenvalue weighted by molar-refractivity contribution is 8.00. The fraction of sp³-hybridized carbons (Fsp3) is 0.417. The van der Waals surface area contributed by atoms with Crippen LogP contribution in [0.5, 0.6) is 0 Å². The predicted molar refractivity (Wildman–Crippen MR) is 148 cm³/mol. The molecule has 2 saturated heterocycles. The monoisotopic (exact) mass is 599 g/mol. The minimum Gasteiger partial charge on any atom is -0.477 e. The van der Waals surface area contributed by atoms with E-state index >= 15 is 0 Å². The standard InChI is InChI=1S/C24H26N10O5S2/c1-2-39-30-15(18-29-24(25)41-31-18)20(35)28-16-21(36)34-17(23(37)38)13(10-40-22(16)34)9-32-5-3-4-14-19(32)27-11-33(14)8-12-6-26-7-12/h3-5,11-12,16,22,26H,2,6-10H2,1H3,(H3-,25,28,29,31,35,37,38)/p+1/b30-15-. The minimum atomic E-state index is -1.21. The van der Waals surface area contributed by atoms with Gasteiger partial charge in [-0.1, -0.05) is 5.16 Å². The molecule has 5 N–H and O–H groups in total. The van der Waals surface area contributed by atoms with Gasteiger partial charge in [0, 0.05) is 48.4 Å². The number of thioether (sulfide) groups is 1. The molecule has 6 heterocycles. The molecule has 3 aliphatic rings. The zero-order valence-corrected chi connectivity index (χ0v) is 23.5. The topological polar surface area (TPSA) is 194 Å². The number of aliphatic carboxylic acids is 1. The molecule has 0 radical (unpaired) electrons. The van der Waals surface area contributed by atoms with Crippen LogP contribution in [0.15, 0.2) is 41.1 Å². The third-order valence-corrected chi connectivity index (χ3v) is 8.90. The second-order valence-electron chi connectivity index (χ2n) is 9.70. The zero-order chi connectivity index (χ0) is 28.7. The number of nitrogens with two attached hydrogens (primary N) is 1. The van der Waals surface area contributed by atoms with Gasteiger partial charge in [0.2, 0.25) is 17.9 Å². The van der Waals surface area contributed by atoms with Crippen LogP contribution in [0.1, 0.15) is 12.7 Å². The van der Waals surface area contributed by atoms with Crippen LogP contribution >= 0.6 is 23.3 Å². The number of hydrogen-bond donors (Lipinski definition) is 4.